The Balaban J connectivity index is 2.08. The van der Waals surface area contributed by atoms with E-state index < -0.39 is 8.25 Å². The van der Waals surface area contributed by atoms with Gasteiger partial charge in [0.25, 0.3) is 0 Å². The van der Waals surface area contributed by atoms with E-state index >= 15 is 0 Å². The molecule has 11 heavy (non-hydrogen) atoms. The van der Waals surface area contributed by atoms with Gasteiger partial charge >= 0.3 is 8.25 Å². The fourth-order valence-electron chi connectivity index (χ4n) is 0.730. The van der Waals surface area contributed by atoms with Crippen LogP contribution in [0.3, 0.4) is 0 Å². The van der Waals surface area contributed by atoms with Crippen LogP contribution in [0, 0.1) is 0 Å². The molecule has 1 aliphatic heterocycles. The maximum Gasteiger partial charge on any atom is 0.319 e. The highest BCUT2D eigenvalue weighted by Gasteiger charge is 2.21. The molecule has 2 atom stereocenters. The van der Waals surface area contributed by atoms with Crippen LogP contribution in [0.25, 0.3) is 0 Å². The van der Waals surface area contributed by atoms with E-state index in [1.807, 2.05) is 0 Å². The van der Waals surface area contributed by atoms with E-state index in [2.05, 4.69) is 6.58 Å². The van der Waals surface area contributed by atoms with Crippen LogP contribution >= 0.6 is 8.25 Å². The summed E-state index contributed by atoms with van der Waals surface area (Å²) >= 11 is 0. The van der Waals surface area contributed by atoms with Gasteiger partial charge in [-0.05, 0) is 0 Å². The topological polar surface area (TPSA) is 44.8 Å². The molecule has 5 heteroatoms. The molecular formula is C6H11O4P. The maximum atomic E-state index is 10.6. The first-order chi connectivity index (χ1) is 5.33. The minimum atomic E-state index is -2.20. The third-order valence-electron chi connectivity index (χ3n) is 1.19. The minimum absolute atomic E-state index is 0.165. The highest BCUT2D eigenvalue weighted by Crippen LogP contribution is 2.33. The Kier molecular flexibility index (Phi) is 3.80. The second kappa shape index (κ2) is 4.67. The summed E-state index contributed by atoms with van der Waals surface area (Å²) in [6, 6.07) is 0. The van der Waals surface area contributed by atoms with Crippen LogP contribution in [-0.4, -0.2) is 25.9 Å². The van der Waals surface area contributed by atoms with Crippen molar-refractivity contribution in [1.29, 1.82) is 0 Å². The standard InChI is InChI=1S/C6H11O4P/c1-2-3-8-4-6-5-9-11(7)10-6/h2,6,11H,1,3-5H2. The van der Waals surface area contributed by atoms with Crippen LogP contribution in [0.5, 0.6) is 0 Å². The van der Waals surface area contributed by atoms with Gasteiger partial charge in [0.2, 0.25) is 0 Å². The van der Waals surface area contributed by atoms with E-state index in [-0.39, 0.29) is 6.10 Å². The lowest BCUT2D eigenvalue weighted by atomic mass is 10.4. The average molecular weight is 178 g/mol. The van der Waals surface area contributed by atoms with Crippen molar-refractivity contribution in [2.24, 2.45) is 0 Å². The Morgan fingerprint density at radius 3 is 3.18 bits per heavy atom. The van der Waals surface area contributed by atoms with Gasteiger partial charge in [-0.2, -0.15) is 0 Å². The smallest absolute Gasteiger partial charge is 0.319 e. The monoisotopic (exact) mass is 178 g/mol. The zero-order chi connectivity index (χ0) is 8.10. The zero-order valence-corrected chi connectivity index (χ0v) is 7.12. The van der Waals surface area contributed by atoms with Crippen LogP contribution in [0.4, 0.5) is 0 Å². The highest BCUT2D eigenvalue weighted by molar-refractivity contribution is 7.33. The molecule has 4 nitrogen and oxygen atoms in total. The van der Waals surface area contributed by atoms with Crippen LogP contribution in [-0.2, 0) is 18.3 Å². The molecule has 0 spiro atoms. The molecule has 64 valence electrons. The summed E-state index contributed by atoms with van der Waals surface area (Å²) < 4.78 is 25.2. The highest BCUT2D eigenvalue weighted by atomic mass is 31.1. The summed E-state index contributed by atoms with van der Waals surface area (Å²) in [5.74, 6) is 0. The van der Waals surface area contributed by atoms with Crippen molar-refractivity contribution >= 4 is 8.25 Å². The lowest BCUT2D eigenvalue weighted by Crippen LogP contribution is -2.16. The van der Waals surface area contributed by atoms with Gasteiger partial charge in [0.1, 0.15) is 6.10 Å². The predicted octanol–water partition coefficient (Wildman–Crippen LogP) is 0.994. The molecule has 0 radical (unpaired) electrons. The van der Waals surface area contributed by atoms with Crippen molar-refractivity contribution in [3.8, 4) is 0 Å². The predicted molar refractivity (Wildman–Crippen MR) is 40.8 cm³/mol. The fourth-order valence-corrected chi connectivity index (χ4v) is 1.53. The Bertz CT molecular complexity index is 159. The summed E-state index contributed by atoms with van der Waals surface area (Å²) in [6.07, 6.45) is 1.49. The number of hydrogen-bond acceptors (Lipinski definition) is 4. The molecule has 1 aliphatic rings. The molecule has 0 aromatic carbocycles. The van der Waals surface area contributed by atoms with Gasteiger partial charge in [0.15, 0.2) is 0 Å². The molecular weight excluding hydrogens is 167 g/mol. The van der Waals surface area contributed by atoms with Gasteiger partial charge < -0.3 is 13.8 Å². The quantitative estimate of drug-likeness (QED) is 0.366. The van der Waals surface area contributed by atoms with Crippen molar-refractivity contribution < 1.29 is 18.3 Å². The van der Waals surface area contributed by atoms with Crippen molar-refractivity contribution in [2.45, 2.75) is 6.10 Å². The van der Waals surface area contributed by atoms with Crippen molar-refractivity contribution in [3.63, 3.8) is 0 Å². The van der Waals surface area contributed by atoms with E-state index in [0.29, 0.717) is 19.8 Å². The SMILES string of the molecule is C=CCOCC1CO[PH](=O)O1. The van der Waals surface area contributed by atoms with Gasteiger partial charge in [0.05, 0.1) is 19.8 Å². The van der Waals surface area contributed by atoms with Crippen LogP contribution in [0.15, 0.2) is 12.7 Å². The summed E-state index contributed by atoms with van der Waals surface area (Å²) in [5.41, 5.74) is 0. The first-order valence-electron chi connectivity index (χ1n) is 3.35. The third-order valence-corrected chi connectivity index (χ3v) is 2.12. The molecule has 1 saturated heterocycles. The van der Waals surface area contributed by atoms with Gasteiger partial charge in [-0.1, -0.05) is 6.08 Å². The Hall–Kier alpha value is -0.150. The average Bonchev–Trinajstić information content (AvgIpc) is 2.37. The lowest BCUT2D eigenvalue weighted by Gasteiger charge is -2.04. The van der Waals surface area contributed by atoms with Gasteiger partial charge in [-0.15, -0.1) is 6.58 Å². The third kappa shape index (κ3) is 3.16. The zero-order valence-electron chi connectivity index (χ0n) is 6.12. The van der Waals surface area contributed by atoms with Crippen molar-refractivity contribution in [1.82, 2.24) is 0 Å². The van der Waals surface area contributed by atoms with Crippen LogP contribution in [0.1, 0.15) is 0 Å². The molecule has 0 bridgehead atoms. The summed E-state index contributed by atoms with van der Waals surface area (Å²) in [6.45, 7) is 4.76. The van der Waals surface area contributed by atoms with Gasteiger partial charge in [0, 0.05) is 0 Å². The second-order valence-corrected chi connectivity index (χ2v) is 3.15. The molecule has 0 aromatic rings. The van der Waals surface area contributed by atoms with E-state index in [9.17, 15) is 4.57 Å². The van der Waals surface area contributed by atoms with E-state index in [1.54, 1.807) is 6.08 Å². The van der Waals surface area contributed by atoms with Crippen molar-refractivity contribution in [2.75, 3.05) is 19.8 Å². The molecule has 0 saturated carbocycles. The summed E-state index contributed by atoms with van der Waals surface area (Å²) in [7, 11) is -2.20. The number of hydrogen-bond donors (Lipinski definition) is 0. The largest absolute Gasteiger partial charge is 0.375 e. The van der Waals surface area contributed by atoms with E-state index in [0.717, 1.165) is 0 Å². The molecule has 1 fully saturated rings. The first-order valence-corrected chi connectivity index (χ1v) is 4.57. The molecule has 0 N–H and O–H groups in total. The van der Waals surface area contributed by atoms with E-state index in [4.69, 9.17) is 13.8 Å². The number of ether oxygens (including phenoxy) is 1. The lowest BCUT2D eigenvalue weighted by molar-refractivity contribution is 0.0765. The summed E-state index contributed by atoms with van der Waals surface area (Å²) in [4.78, 5) is 0. The first kappa shape index (κ1) is 8.94. The molecule has 0 amide bonds. The molecule has 1 rings (SSSR count). The van der Waals surface area contributed by atoms with Crippen molar-refractivity contribution in [3.05, 3.63) is 12.7 Å². The minimum Gasteiger partial charge on any atom is -0.375 e. The maximum absolute atomic E-state index is 10.6. The number of rotatable bonds is 4. The fraction of sp³-hybridized carbons (Fsp3) is 0.667. The van der Waals surface area contributed by atoms with Crippen LogP contribution < -0.4 is 0 Å². The normalized spacial score (nSPS) is 30.5. The van der Waals surface area contributed by atoms with Gasteiger partial charge in [-0.3, -0.25) is 4.57 Å². The molecule has 1 heterocycles. The van der Waals surface area contributed by atoms with Gasteiger partial charge in [-0.25, -0.2) is 0 Å². The summed E-state index contributed by atoms with van der Waals surface area (Å²) in [5, 5.41) is 0. The Labute approximate surface area is 66.1 Å². The molecule has 0 aliphatic carbocycles. The van der Waals surface area contributed by atoms with E-state index in [1.165, 1.54) is 0 Å². The Morgan fingerprint density at radius 2 is 2.64 bits per heavy atom. The second-order valence-electron chi connectivity index (χ2n) is 2.13. The Morgan fingerprint density at radius 1 is 1.82 bits per heavy atom. The van der Waals surface area contributed by atoms with Crippen LogP contribution in [0.2, 0.25) is 0 Å². The molecule has 0 aromatic heterocycles. The molecule has 2 unspecified atom stereocenters.